The number of halogens is 2. The highest BCUT2D eigenvalue weighted by Crippen LogP contribution is 2.21. The van der Waals surface area contributed by atoms with Crippen molar-refractivity contribution in [3.63, 3.8) is 0 Å². The van der Waals surface area contributed by atoms with Crippen molar-refractivity contribution >= 4 is 0 Å². The molecule has 0 bridgehead atoms. The van der Waals surface area contributed by atoms with Gasteiger partial charge in [-0.2, -0.15) is 0 Å². The summed E-state index contributed by atoms with van der Waals surface area (Å²) in [4.78, 5) is 0. The van der Waals surface area contributed by atoms with E-state index in [-0.39, 0.29) is 11.8 Å². The fraction of sp³-hybridized carbons (Fsp3) is 0.200. The largest absolute Gasteiger partial charge is 0.489 e. The molecule has 0 saturated carbocycles. The van der Waals surface area contributed by atoms with Gasteiger partial charge in [0.25, 0.3) is 0 Å². The van der Waals surface area contributed by atoms with Gasteiger partial charge in [0.05, 0.1) is 6.04 Å². The second kappa shape index (κ2) is 5.80. The first kappa shape index (κ1) is 13.5. The summed E-state index contributed by atoms with van der Waals surface area (Å²) in [6.45, 7) is 1.76. The monoisotopic (exact) mass is 263 g/mol. The molecule has 2 rings (SSSR count). The summed E-state index contributed by atoms with van der Waals surface area (Å²) in [6, 6.07) is 12.1. The van der Waals surface area contributed by atoms with E-state index in [2.05, 4.69) is 0 Å². The van der Waals surface area contributed by atoms with Gasteiger partial charge in [-0.25, -0.2) is 8.78 Å². The number of rotatable bonds is 4. The molecule has 100 valence electrons. The predicted molar refractivity (Wildman–Crippen MR) is 69.8 cm³/mol. The molecule has 0 spiro atoms. The summed E-state index contributed by atoms with van der Waals surface area (Å²) in [5.74, 6) is -1.21. The maximum Gasteiger partial charge on any atom is 0.129 e. The summed E-state index contributed by atoms with van der Waals surface area (Å²) in [5, 5.41) is 0. The number of ether oxygens (including phenoxy) is 1. The molecule has 0 aliphatic rings. The lowest BCUT2D eigenvalue weighted by Crippen LogP contribution is -2.28. The zero-order valence-corrected chi connectivity index (χ0v) is 10.5. The summed E-state index contributed by atoms with van der Waals surface area (Å²) < 4.78 is 31.6. The molecule has 0 aromatic heterocycles. The first-order valence-electron chi connectivity index (χ1n) is 5.99. The number of benzene rings is 2. The van der Waals surface area contributed by atoms with Crippen LogP contribution in [-0.4, -0.2) is 6.10 Å². The Morgan fingerprint density at radius 1 is 1.00 bits per heavy atom. The predicted octanol–water partition coefficient (Wildman–Crippen LogP) is 3.43. The van der Waals surface area contributed by atoms with Gasteiger partial charge in [-0.1, -0.05) is 30.3 Å². The second-order valence-corrected chi connectivity index (χ2v) is 4.36. The molecule has 2 N–H and O–H groups in total. The van der Waals surface area contributed by atoms with Crippen LogP contribution in [0.1, 0.15) is 18.5 Å². The van der Waals surface area contributed by atoms with Crippen molar-refractivity contribution < 1.29 is 13.5 Å². The Morgan fingerprint density at radius 2 is 1.58 bits per heavy atom. The minimum absolute atomic E-state index is 0.136. The van der Waals surface area contributed by atoms with Crippen LogP contribution in [0.25, 0.3) is 0 Å². The van der Waals surface area contributed by atoms with Crippen LogP contribution in [0.4, 0.5) is 8.78 Å². The molecule has 19 heavy (non-hydrogen) atoms. The van der Waals surface area contributed by atoms with E-state index in [1.54, 1.807) is 6.92 Å². The third-order valence-corrected chi connectivity index (χ3v) is 2.85. The van der Waals surface area contributed by atoms with Crippen molar-refractivity contribution in [1.82, 2.24) is 0 Å². The van der Waals surface area contributed by atoms with Crippen molar-refractivity contribution in [3.8, 4) is 5.75 Å². The number of hydrogen-bond donors (Lipinski definition) is 1. The standard InChI is InChI=1S/C15H15F2NO/c1-10(15(18)11-5-3-2-4-6-11)19-14-8-12(16)7-13(17)9-14/h2-10,15H,18H2,1H3. The minimum atomic E-state index is -0.671. The Labute approximate surface area is 110 Å². The van der Waals surface area contributed by atoms with E-state index in [9.17, 15) is 8.78 Å². The smallest absolute Gasteiger partial charge is 0.129 e. The lowest BCUT2D eigenvalue weighted by molar-refractivity contribution is 0.189. The van der Waals surface area contributed by atoms with Crippen LogP contribution in [0.3, 0.4) is 0 Å². The van der Waals surface area contributed by atoms with E-state index in [0.29, 0.717) is 0 Å². The quantitative estimate of drug-likeness (QED) is 0.917. The van der Waals surface area contributed by atoms with Crippen LogP contribution >= 0.6 is 0 Å². The molecule has 0 radical (unpaired) electrons. The molecular weight excluding hydrogens is 248 g/mol. The maximum atomic E-state index is 13.1. The molecule has 2 aromatic rings. The fourth-order valence-electron chi connectivity index (χ4n) is 1.83. The normalized spacial score (nSPS) is 13.9. The van der Waals surface area contributed by atoms with Gasteiger partial charge in [0.2, 0.25) is 0 Å². The first-order chi connectivity index (χ1) is 9.06. The SMILES string of the molecule is CC(Oc1cc(F)cc(F)c1)C(N)c1ccccc1. The van der Waals surface area contributed by atoms with Crippen LogP contribution in [0.5, 0.6) is 5.75 Å². The third-order valence-electron chi connectivity index (χ3n) is 2.85. The average Bonchev–Trinajstić information content (AvgIpc) is 2.37. The molecule has 2 atom stereocenters. The van der Waals surface area contributed by atoms with Crippen LogP contribution in [0.15, 0.2) is 48.5 Å². The van der Waals surface area contributed by atoms with Gasteiger partial charge in [0.1, 0.15) is 23.5 Å². The molecule has 0 aliphatic carbocycles. The van der Waals surface area contributed by atoms with E-state index < -0.39 is 17.7 Å². The maximum absolute atomic E-state index is 13.1. The van der Waals surface area contributed by atoms with Crippen LogP contribution in [0, 0.1) is 11.6 Å². The Bertz CT molecular complexity index is 525. The van der Waals surface area contributed by atoms with Crippen molar-refractivity contribution in [3.05, 3.63) is 65.7 Å². The van der Waals surface area contributed by atoms with E-state index in [0.717, 1.165) is 23.8 Å². The topological polar surface area (TPSA) is 35.2 Å². The molecule has 2 aromatic carbocycles. The molecule has 0 saturated heterocycles. The van der Waals surface area contributed by atoms with E-state index in [1.807, 2.05) is 30.3 Å². The lowest BCUT2D eigenvalue weighted by Gasteiger charge is -2.21. The molecule has 0 heterocycles. The van der Waals surface area contributed by atoms with Gasteiger partial charge >= 0.3 is 0 Å². The van der Waals surface area contributed by atoms with E-state index in [4.69, 9.17) is 10.5 Å². The summed E-state index contributed by atoms with van der Waals surface area (Å²) in [5.41, 5.74) is 6.96. The van der Waals surface area contributed by atoms with Gasteiger partial charge in [0.15, 0.2) is 0 Å². The summed E-state index contributed by atoms with van der Waals surface area (Å²) >= 11 is 0. The number of nitrogens with two attached hydrogens (primary N) is 1. The zero-order chi connectivity index (χ0) is 13.8. The van der Waals surface area contributed by atoms with Crippen molar-refractivity contribution in [2.45, 2.75) is 19.1 Å². The van der Waals surface area contributed by atoms with Crippen molar-refractivity contribution in [1.29, 1.82) is 0 Å². The molecule has 4 heteroatoms. The van der Waals surface area contributed by atoms with Gasteiger partial charge in [0, 0.05) is 18.2 Å². The Hall–Kier alpha value is -1.94. The summed E-state index contributed by atoms with van der Waals surface area (Å²) in [6.07, 6.45) is -0.399. The van der Waals surface area contributed by atoms with Gasteiger partial charge in [-0.15, -0.1) is 0 Å². The third kappa shape index (κ3) is 3.51. The highest BCUT2D eigenvalue weighted by molar-refractivity contribution is 5.25. The van der Waals surface area contributed by atoms with Crippen LogP contribution in [0.2, 0.25) is 0 Å². The Kier molecular flexibility index (Phi) is 4.12. The molecule has 2 nitrogen and oxygen atoms in total. The van der Waals surface area contributed by atoms with Gasteiger partial charge in [-0.3, -0.25) is 0 Å². The minimum Gasteiger partial charge on any atom is -0.489 e. The summed E-state index contributed by atoms with van der Waals surface area (Å²) in [7, 11) is 0. The zero-order valence-electron chi connectivity index (χ0n) is 10.5. The molecule has 2 unspecified atom stereocenters. The molecular formula is C15H15F2NO. The van der Waals surface area contributed by atoms with Gasteiger partial charge < -0.3 is 10.5 Å². The van der Waals surface area contributed by atoms with Crippen LogP contribution in [-0.2, 0) is 0 Å². The lowest BCUT2D eigenvalue weighted by atomic mass is 10.0. The molecule has 0 aliphatic heterocycles. The van der Waals surface area contributed by atoms with Crippen molar-refractivity contribution in [2.24, 2.45) is 5.73 Å². The number of hydrogen-bond acceptors (Lipinski definition) is 2. The molecule has 0 fully saturated rings. The van der Waals surface area contributed by atoms with E-state index in [1.165, 1.54) is 0 Å². The Balaban J connectivity index is 2.10. The second-order valence-electron chi connectivity index (χ2n) is 4.36. The fourth-order valence-corrected chi connectivity index (χ4v) is 1.83. The molecule has 0 amide bonds. The van der Waals surface area contributed by atoms with Crippen molar-refractivity contribution in [2.75, 3.05) is 0 Å². The van der Waals surface area contributed by atoms with Crippen LogP contribution < -0.4 is 10.5 Å². The van der Waals surface area contributed by atoms with Gasteiger partial charge in [-0.05, 0) is 12.5 Å². The highest BCUT2D eigenvalue weighted by Gasteiger charge is 2.16. The Morgan fingerprint density at radius 3 is 2.16 bits per heavy atom. The highest BCUT2D eigenvalue weighted by atomic mass is 19.1. The first-order valence-corrected chi connectivity index (χ1v) is 5.99. The van der Waals surface area contributed by atoms with E-state index >= 15 is 0 Å². The average molecular weight is 263 g/mol.